The minimum Gasteiger partial charge on any atom is -0.487 e. The quantitative estimate of drug-likeness (QED) is 0.695. The third-order valence-corrected chi connectivity index (χ3v) is 4.90. The summed E-state index contributed by atoms with van der Waals surface area (Å²) in [6, 6.07) is 7.56. The van der Waals surface area contributed by atoms with E-state index in [4.69, 9.17) is 27.9 Å². The van der Waals surface area contributed by atoms with Crippen molar-refractivity contribution in [1.29, 1.82) is 5.26 Å². The van der Waals surface area contributed by atoms with Crippen LogP contribution in [0.25, 0.3) is 0 Å². The average Bonchev–Trinajstić information content (AvgIpc) is 2.42. The summed E-state index contributed by atoms with van der Waals surface area (Å²) in [4.78, 5) is 0. The Labute approximate surface area is 137 Å². The Morgan fingerprint density at radius 2 is 1.95 bits per heavy atom. The Balaban J connectivity index is 2.18. The molecule has 1 fully saturated rings. The molecule has 3 unspecified atom stereocenters. The predicted octanol–water partition coefficient (Wildman–Crippen LogP) is 5.73. The molecule has 1 aliphatic carbocycles. The highest BCUT2D eigenvalue weighted by Crippen LogP contribution is 2.42. The van der Waals surface area contributed by atoms with Crippen LogP contribution in [0.5, 0.6) is 5.75 Å². The van der Waals surface area contributed by atoms with Crippen LogP contribution in [0.15, 0.2) is 18.2 Å². The molecule has 0 amide bonds. The zero-order valence-corrected chi connectivity index (χ0v) is 14.2. The molecule has 0 N–H and O–H groups in total. The lowest BCUT2D eigenvalue weighted by molar-refractivity contribution is 0.0494. The topological polar surface area (TPSA) is 33.0 Å². The van der Waals surface area contributed by atoms with E-state index in [2.05, 4.69) is 26.8 Å². The van der Waals surface area contributed by atoms with E-state index in [0.717, 1.165) is 19.3 Å². The van der Waals surface area contributed by atoms with Crippen LogP contribution >= 0.6 is 23.2 Å². The first-order chi connectivity index (χ1) is 9.81. The molecule has 2 nitrogen and oxygen atoms in total. The molecule has 0 aromatic heterocycles. The van der Waals surface area contributed by atoms with Gasteiger partial charge < -0.3 is 4.74 Å². The third-order valence-electron chi connectivity index (χ3n) is 4.35. The molecule has 0 saturated heterocycles. The molecular weight excluding hydrogens is 305 g/mol. The lowest BCUT2D eigenvalue weighted by Gasteiger charge is -2.39. The van der Waals surface area contributed by atoms with Crippen LogP contribution in [0.4, 0.5) is 0 Å². The highest BCUT2D eigenvalue weighted by molar-refractivity contribution is 6.34. The zero-order chi connectivity index (χ0) is 15.6. The van der Waals surface area contributed by atoms with Crippen LogP contribution in [-0.4, -0.2) is 6.10 Å². The average molecular weight is 326 g/mol. The lowest BCUT2D eigenvalue weighted by atomic mass is 9.69. The van der Waals surface area contributed by atoms with Crippen molar-refractivity contribution in [1.82, 2.24) is 0 Å². The Bertz CT molecular complexity index is 545. The molecular formula is C17H21Cl2NO. The molecule has 0 bridgehead atoms. The van der Waals surface area contributed by atoms with Gasteiger partial charge in [-0.2, -0.15) is 5.26 Å². The smallest absolute Gasteiger partial charge is 0.139 e. The van der Waals surface area contributed by atoms with Gasteiger partial charge in [-0.1, -0.05) is 44.0 Å². The highest BCUT2D eigenvalue weighted by Gasteiger charge is 2.37. The van der Waals surface area contributed by atoms with E-state index in [1.807, 2.05) is 0 Å². The van der Waals surface area contributed by atoms with Gasteiger partial charge in [0.25, 0.3) is 0 Å². The van der Waals surface area contributed by atoms with Crippen molar-refractivity contribution in [3.05, 3.63) is 28.2 Å². The summed E-state index contributed by atoms with van der Waals surface area (Å²) in [5, 5.41) is 10.5. The van der Waals surface area contributed by atoms with Crippen molar-refractivity contribution in [2.24, 2.45) is 17.3 Å². The maximum atomic E-state index is 9.36. The maximum absolute atomic E-state index is 9.36. The Kier molecular flexibility index (Phi) is 5.07. The van der Waals surface area contributed by atoms with Gasteiger partial charge >= 0.3 is 0 Å². The molecule has 0 radical (unpaired) electrons. The van der Waals surface area contributed by atoms with Gasteiger partial charge in [-0.15, -0.1) is 0 Å². The number of ether oxygens (including phenoxy) is 1. The van der Waals surface area contributed by atoms with E-state index in [0.29, 0.717) is 21.7 Å². The number of hydrogen-bond donors (Lipinski definition) is 0. The van der Waals surface area contributed by atoms with Crippen LogP contribution in [-0.2, 0) is 0 Å². The van der Waals surface area contributed by atoms with Gasteiger partial charge in [0.15, 0.2) is 0 Å². The number of rotatable bonds is 2. The van der Waals surface area contributed by atoms with Crippen LogP contribution in [0.2, 0.25) is 10.0 Å². The Morgan fingerprint density at radius 1 is 1.24 bits per heavy atom. The number of benzene rings is 1. The second kappa shape index (κ2) is 6.46. The SMILES string of the molecule is CC(C)(C)C1CCC(C#N)C(Oc2cc(Cl)ccc2Cl)C1. The summed E-state index contributed by atoms with van der Waals surface area (Å²) < 4.78 is 6.06. The van der Waals surface area contributed by atoms with Gasteiger partial charge in [0.2, 0.25) is 0 Å². The van der Waals surface area contributed by atoms with Crippen LogP contribution in [0.3, 0.4) is 0 Å². The summed E-state index contributed by atoms with van der Waals surface area (Å²) in [7, 11) is 0. The molecule has 1 saturated carbocycles. The van der Waals surface area contributed by atoms with Crippen molar-refractivity contribution >= 4 is 23.2 Å². The van der Waals surface area contributed by atoms with E-state index in [1.54, 1.807) is 18.2 Å². The van der Waals surface area contributed by atoms with Crippen molar-refractivity contribution in [2.75, 3.05) is 0 Å². The third kappa shape index (κ3) is 4.05. The molecule has 3 atom stereocenters. The number of hydrogen-bond acceptors (Lipinski definition) is 2. The fourth-order valence-electron chi connectivity index (χ4n) is 2.92. The summed E-state index contributed by atoms with van der Waals surface area (Å²) in [6.45, 7) is 6.73. The molecule has 114 valence electrons. The van der Waals surface area contributed by atoms with Gasteiger partial charge in [-0.3, -0.25) is 0 Å². The minimum absolute atomic E-state index is 0.0846. The Morgan fingerprint density at radius 3 is 2.57 bits per heavy atom. The normalized spacial score (nSPS) is 26.2. The minimum atomic E-state index is -0.121. The molecule has 1 aromatic rings. The summed E-state index contributed by atoms with van der Waals surface area (Å²) in [6.07, 6.45) is 2.71. The zero-order valence-electron chi connectivity index (χ0n) is 12.7. The summed E-state index contributed by atoms with van der Waals surface area (Å²) >= 11 is 12.2. The second-order valence-corrected chi connectivity index (χ2v) is 7.69. The number of nitrogens with zero attached hydrogens (tertiary/aromatic N) is 1. The summed E-state index contributed by atoms with van der Waals surface area (Å²) in [5.74, 6) is 1.03. The predicted molar refractivity (Wildman–Crippen MR) is 86.8 cm³/mol. The van der Waals surface area contributed by atoms with Gasteiger partial charge in [0.1, 0.15) is 11.9 Å². The standard InChI is InChI=1S/C17H21Cl2NO/c1-17(2,3)12-5-4-11(10-20)15(8-12)21-16-9-13(18)6-7-14(16)19/h6-7,9,11-12,15H,4-5,8H2,1-3H3. The molecule has 4 heteroatoms. The molecule has 0 spiro atoms. The first-order valence-corrected chi connectivity index (χ1v) is 8.08. The first-order valence-electron chi connectivity index (χ1n) is 7.32. The fraction of sp³-hybridized carbons (Fsp3) is 0.588. The largest absolute Gasteiger partial charge is 0.487 e. The van der Waals surface area contributed by atoms with E-state index in [-0.39, 0.29) is 17.4 Å². The Hall–Kier alpha value is -0.910. The molecule has 0 heterocycles. The van der Waals surface area contributed by atoms with Gasteiger partial charge in [0.05, 0.1) is 17.0 Å². The number of halogens is 2. The molecule has 1 aliphatic rings. The van der Waals surface area contributed by atoms with Gasteiger partial charge in [-0.25, -0.2) is 0 Å². The fourth-order valence-corrected chi connectivity index (χ4v) is 3.25. The van der Waals surface area contributed by atoms with Crippen LogP contribution in [0, 0.1) is 28.6 Å². The van der Waals surface area contributed by atoms with Crippen molar-refractivity contribution < 1.29 is 4.74 Å². The maximum Gasteiger partial charge on any atom is 0.139 e. The van der Waals surface area contributed by atoms with Gasteiger partial charge in [0, 0.05) is 11.1 Å². The van der Waals surface area contributed by atoms with E-state index < -0.39 is 0 Å². The highest BCUT2D eigenvalue weighted by atomic mass is 35.5. The number of nitriles is 1. The molecule has 1 aromatic carbocycles. The lowest BCUT2D eigenvalue weighted by Crippen LogP contribution is -2.37. The molecule has 2 rings (SSSR count). The second-order valence-electron chi connectivity index (χ2n) is 6.84. The molecule has 0 aliphatic heterocycles. The van der Waals surface area contributed by atoms with E-state index >= 15 is 0 Å². The van der Waals surface area contributed by atoms with Crippen LogP contribution in [0.1, 0.15) is 40.0 Å². The van der Waals surface area contributed by atoms with E-state index in [9.17, 15) is 5.26 Å². The molecule has 21 heavy (non-hydrogen) atoms. The van der Waals surface area contributed by atoms with Crippen molar-refractivity contribution in [3.63, 3.8) is 0 Å². The monoisotopic (exact) mass is 325 g/mol. The van der Waals surface area contributed by atoms with Crippen LogP contribution < -0.4 is 4.74 Å². The first kappa shape index (κ1) is 16.5. The summed E-state index contributed by atoms with van der Waals surface area (Å²) in [5.41, 5.74) is 0.222. The van der Waals surface area contributed by atoms with Crippen molar-refractivity contribution in [3.8, 4) is 11.8 Å². The van der Waals surface area contributed by atoms with E-state index in [1.165, 1.54) is 0 Å². The van der Waals surface area contributed by atoms with Crippen molar-refractivity contribution in [2.45, 2.75) is 46.1 Å². The van der Waals surface area contributed by atoms with Gasteiger partial charge in [-0.05, 0) is 42.7 Å².